The Balaban J connectivity index is 3.25. The molecule has 0 aliphatic heterocycles. The number of hydrogen-bond acceptors (Lipinski definition) is 5. The van der Waals surface area contributed by atoms with Crippen LogP contribution in [0.15, 0.2) is 9.59 Å². The summed E-state index contributed by atoms with van der Waals surface area (Å²) in [6.45, 7) is 3.91. The van der Waals surface area contributed by atoms with Crippen molar-refractivity contribution in [1.82, 2.24) is 9.55 Å². The van der Waals surface area contributed by atoms with E-state index in [9.17, 15) is 9.59 Å². The second kappa shape index (κ2) is 5.53. The van der Waals surface area contributed by atoms with Gasteiger partial charge in [-0.05, 0) is 13.3 Å². The van der Waals surface area contributed by atoms with Crippen LogP contribution >= 0.6 is 0 Å². The van der Waals surface area contributed by atoms with Gasteiger partial charge in [-0.3, -0.25) is 14.3 Å². The monoisotopic (exact) mass is 242 g/mol. The van der Waals surface area contributed by atoms with Gasteiger partial charge in [-0.15, -0.1) is 0 Å². The normalized spacial score (nSPS) is 12.4. The topological polar surface area (TPSA) is 113 Å². The van der Waals surface area contributed by atoms with Crippen LogP contribution in [0.3, 0.4) is 0 Å². The Kier molecular flexibility index (Phi) is 4.33. The van der Waals surface area contributed by atoms with Gasteiger partial charge in [0.15, 0.2) is 0 Å². The van der Waals surface area contributed by atoms with Gasteiger partial charge in [-0.2, -0.15) is 0 Å². The lowest BCUT2D eigenvalue weighted by Crippen LogP contribution is -2.36. The third kappa shape index (κ3) is 2.88. The van der Waals surface area contributed by atoms with Crippen LogP contribution in [-0.2, 0) is 6.54 Å². The van der Waals surface area contributed by atoms with Crippen LogP contribution in [0, 0.1) is 0 Å². The molecule has 17 heavy (non-hydrogen) atoms. The highest BCUT2D eigenvalue weighted by atomic mass is 16.3. The first-order chi connectivity index (χ1) is 8.01. The number of nitrogens with one attached hydrogen (secondary N) is 2. The predicted octanol–water partition coefficient (Wildman–Crippen LogP) is -0.678. The maximum absolute atomic E-state index is 11.6. The van der Waals surface area contributed by atoms with E-state index in [1.165, 1.54) is 4.57 Å². The summed E-state index contributed by atoms with van der Waals surface area (Å²) in [5.74, 6) is 0.0981. The SMILES string of the molecule is CCCn1c(N)c(NC(C)CO)c(=O)[nH]c1=O. The number of aliphatic hydroxyl groups is 1. The maximum Gasteiger partial charge on any atom is 0.330 e. The van der Waals surface area contributed by atoms with Crippen molar-refractivity contribution in [3.8, 4) is 0 Å². The van der Waals surface area contributed by atoms with Crippen molar-refractivity contribution in [3.05, 3.63) is 20.8 Å². The molecule has 0 spiro atoms. The molecule has 0 radical (unpaired) electrons. The van der Waals surface area contributed by atoms with Gasteiger partial charge < -0.3 is 16.2 Å². The fraction of sp³-hybridized carbons (Fsp3) is 0.600. The van der Waals surface area contributed by atoms with Crippen molar-refractivity contribution in [2.24, 2.45) is 0 Å². The molecule has 0 saturated carbocycles. The van der Waals surface area contributed by atoms with Crippen LogP contribution in [0.4, 0.5) is 11.5 Å². The van der Waals surface area contributed by atoms with E-state index in [2.05, 4.69) is 10.3 Å². The molecule has 1 heterocycles. The van der Waals surface area contributed by atoms with Gasteiger partial charge in [0.05, 0.1) is 6.61 Å². The fourth-order valence-electron chi connectivity index (χ4n) is 1.46. The Bertz CT molecular complexity index is 491. The van der Waals surface area contributed by atoms with Crippen LogP contribution in [0.25, 0.3) is 0 Å². The highest BCUT2D eigenvalue weighted by Gasteiger charge is 2.13. The lowest BCUT2D eigenvalue weighted by molar-refractivity contribution is 0.281. The summed E-state index contributed by atoms with van der Waals surface area (Å²) in [7, 11) is 0. The fourth-order valence-corrected chi connectivity index (χ4v) is 1.46. The van der Waals surface area contributed by atoms with Gasteiger partial charge in [-0.25, -0.2) is 4.79 Å². The number of rotatable bonds is 5. The maximum atomic E-state index is 11.6. The molecule has 0 amide bonds. The summed E-state index contributed by atoms with van der Waals surface area (Å²) in [5.41, 5.74) is 4.81. The van der Waals surface area contributed by atoms with Gasteiger partial charge in [0.1, 0.15) is 11.5 Å². The zero-order valence-electron chi connectivity index (χ0n) is 9.99. The van der Waals surface area contributed by atoms with E-state index in [4.69, 9.17) is 10.8 Å². The Hall–Kier alpha value is -1.76. The Morgan fingerprint density at radius 3 is 2.71 bits per heavy atom. The number of hydrogen-bond donors (Lipinski definition) is 4. The summed E-state index contributed by atoms with van der Waals surface area (Å²) < 4.78 is 1.30. The molecule has 0 aliphatic carbocycles. The van der Waals surface area contributed by atoms with Gasteiger partial charge >= 0.3 is 5.69 Å². The minimum Gasteiger partial charge on any atom is -0.394 e. The number of anilines is 2. The molecular weight excluding hydrogens is 224 g/mol. The minimum absolute atomic E-state index is 0.0981. The molecule has 1 atom stereocenters. The first-order valence-electron chi connectivity index (χ1n) is 5.51. The summed E-state index contributed by atoms with van der Waals surface area (Å²) in [5, 5.41) is 11.7. The van der Waals surface area contributed by atoms with Crippen molar-refractivity contribution in [3.63, 3.8) is 0 Å². The van der Waals surface area contributed by atoms with E-state index in [0.717, 1.165) is 6.42 Å². The van der Waals surface area contributed by atoms with E-state index < -0.39 is 11.2 Å². The van der Waals surface area contributed by atoms with Crippen LogP contribution < -0.4 is 22.3 Å². The number of aromatic nitrogens is 2. The van der Waals surface area contributed by atoms with Gasteiger partial charge in [0.2, 0.25) is 0 Å². The second-order valence-electron chi connectivity index (χ2n) is 3.90. The number of nitrogens with zero attached hydrogens (tertiary/aromatic N) is 1. The summed E-state index contributed by atoms with van der Waals surface area (Å²) in [6, 6.07) is -0.314. The van der Waals surface area contributed by atoms with Crippen LogP contribution in [-0.4, -0.2) is 27.3 Å². The molecular formula is C10H18N4O3. The third-order valence-corrected chi connectivity index (χ3v) is 2.35. The Morgan fingerprint density at radius 1 is 1.53 bits per heavy atom. The van der Waals surface area contributed by atoms with Crippen LogP contribution in [0.1, 0.15) is 20.3 Å². The van der Waals surface area contributed by atoms with Crippen LogP contribution in [0.5, 0.6) is 0 Å². The largest absolute Gasteiger partial charge is 0.394 e. The Morgan fingerprint density at radius 2 is 2.18 bits per heavy atom. The minimum atomic E-state index is -0.569. The zero-order chi connectivity index (χ0) is 13.0. The first-order valence-corrected chi connectivity index (χ1v) is 5.51. The quantitative estimate of drug-likeness (QED) is 0.546. The molecule has 96 valence electrons. The van der Waals surface area contributed by atoms with Crippen molar-refractivity contribution >= 4 is 11.5 Å². The molecule has 0 aliphatic rings. The smallest absolute Gasteiger partial charge is 0.330 e. The summed E-state index contributed by atoms with van der Waals surface area (Å²) >= 11 is 0. The van der Waals surface area contributed by atoms with E-state index in [-0.39, 0.29) is 24.2 Å². The summed E-state index contributed by atoms with van der Waals surface area (Å²) in [4.78, 5) is 25.3. The van der Waals surface area contributed by atoms with Gasteiger partial charge in [0, 0.05) is 12.6 Å². The molecule has 0 fully saturated rings. The van der Waals surface area contributed by atoms with Crippen molar-refractivity contribution < 1.29 is 5.11 Å². The highest BCUT2D eigenvalue weighted by Crippen LogP contribution is 2.11. The number of nitrogens with two attached hydrogens (primary N) is 1. The van der Waals surface area contributed by atoms with E-state index in [1.54, 1.807) is 6.92 Å². The average molecular weight is 242 g/mol. The Labute approximate surface area is 98.3 Å². The lowest BCUT2D eigenvalue weighted by Gasteiger charge is -2.16. The number of nitrogen functional groups attached to an aromatic ring is 1. The highest BCUT2D eigenvalue weighted by molar-refractivity contribution is 5.60. The molecule has 7 nitrogen and oxygen atoms in total. The zero-order valence-corrected chi connectivity index (χ0v) is 9.99. The predicted molar refractivity (Wildman–Crippen MR) is 66.2 cm³/mol. The molecule has 1 rings (SSSR count). The van der Waals surface area contributed by atoms with E-state index in [0.29, 0.717) is 6.54 Å². The average Bonchev–Trinajstić information content (AvgIpc) is 2.29. The van der Waals surface area contributed by atoms with Crippen LogP contribution in [0.2, 0.25) is 0 Å². The lowest BCUT2D eigenvalue weighted by atomic mass is 10.3. The van der Waals surface area contributed by atoms with Gasteiger partial charge in [-0.1, -0.05) is 6.92 Å². The van der Waals surface area contributed by atoms with Gasteiger partial charge in [0.25, 0.3) is 5.56 Å². The third-order valence-electron chi connectivity index (χ3n) is 2.35. The first kappa shape index (κ1) is 13.3. The molecule has 0 saturated heterocycles. The number of aliphatic hydroxyl groups excluding tert-OH is 1. The molecule has 5 N–H and O–H groups in total. The molecule has 7 heteroatoms. The van der Waals surface area contributed by atoms with E-state index in [1.807, 2.05) is 6.92 Å². The molecule has 0 aromatic carbocycles. The van der Waals surface area contributed by atoms with Crippen molar-refractivity contribution in [2.45, 2.75) is 32.9 Å². The molecule has 1 aromatic rings. The molecule has 0 bridgehead atoms. The molecule has 1 aromatic heterocycles. The van der Waals surface area contributed by atoms with Crippen molar-refractivity contribution in [1.29, 1.82) is 0 Å². The number of H-pyrrole nitrogens is 1. The second-order valence-corrected chi connectivity index (χ2v) is 3.90. The van der Waals surface area contributed by atoms with E-state index >= 15 is 0 Å². The number of aromatic amines is 1. The molecule has 1 unspecified atom stereocenters. The van der Waals surface area contributed by atoms with Crippen molar-refractivity contribution in [2.75, 3.05) is 17.7 Å². The standard InChI is InChI=1S/C10H18N4O3/c1-3-4-14-8(11)7(12-6(2)5-15)9(16)13-10(14)17/h6,12,15H,3-5,11H2,1-2H3,(H,13,16,17). The summed E-state index contributed by atoms with van der Waals surface area (Å²) in [6.07, 6.45) is 0.727.